The maximum absolute atomic E-state index is 11.0. The van der Waals surface area contributed by atoms with E-state index in [1.54, 1.807) is 0 Å². The standard InChI is InChI=1S/C14H12O3S/c15-13(16)12(14(17)18)8-9-5-6-10-3-1-2-4-11(10)7-9/h1-7,12H,8H2,(H,15,16)(H,17,18). The van der Waals surface area contributed by atoms with Crippen LogP contribution in [0.2, 0.25) is 0 Å². The van der Waals surface area contributed by atoms with Gasteiger partial charge in [0.15, 0.2) is 5.05 Å². The van der Waals surface area contributed by atoms with Crippen LogP contribution in [0.15, 0.2) is 42.5 Å². The SMILES string of the molecule is O=C(O)C(Cc1ccc2ccccc2c1)C(O)=S. The van der Waals surface area contributed by atoms with E-state index in [9.17, 15) is 9.90 Å². The van der Waals surface area contributed by atoms with E-state index in [2.05, 4.69) is 12.2 Å². The minimum absolute atomic E-state index is 0.204. The van der Waals surface area contributed by atoms with E-state index in [1.165, 1.54) is 0 Å². The van der Waals surface area contributed by atoms with Gasteiger partial charge in [-0.15, -0.1) is 0 Å². The molecule has 1 atom stereocenters. The molecule has 0 aliphatic heterocycles. The first-order valence-electron chi connectivity index (χ1n) is 5.51. The van der Waals surface area contributed by atoms with E-state index in [0.717, 1.165) is 16.3 Å². The van der Waals surface area contributed by atoms with Crippen LogP contribution in [-0.2, 0) is 11.2 Å². The van der Waals surface area contributed by atoms with Gasteiger partial charge in [0, 0.05) is 0 Å². The number of rotatable bonds is 4. The van der Waals surface area contributed by atoms with Gasteiger partial charge >= 0.3 is 5.97 Å². The summed E-state index contributed by atoms with van der Waals surface area (Å²) in [7, 11) is 0. The third-order valence-corrected chi connectivity index (χ3v) is 3.13. The van der Waals surface area contributed by atoms with Crippen LogP contribution in [-0.4, -0.2) is 21.2 Å². The van der Waals surface area contributed by atoms with Gasteiger partial charge in [-0.05, 0) is 35.0 Å². The lowest BCUT2D eigenvalue weighted by molar-refractivity contribution is -0.139. The number of hydrogen-bond donors (Lipinski definition) is 2. The number of carboxylic acid groups (broad SMARTS) is 1. The predicted molar refractivity (Wildman–Crippen MR) is 74.0 cm³/mol. The number of thiocarbonyl (C=S) groups is 1. The number of carbonyl (C=O) groups is 1. The number of aliphatic hydroxyl groups excluding tert-OH is 1. The Morgan fingerprint density at radius 1 is 1.11 bits per heavy atom. The first-order valence-corrected chi connectivity index (χ1v) is 5.92. The number of fused-ring (bicyclic) bond motifs is 1. The van der Waals surface area contributed by atoms with Crippen molar-refractivity contribution in [3.05, 3.63) is 48.0 Å². The number of aliphatic carboxylic acids is 1. The zero-order valence-corrected chi connectivity index (χ0v) is 10.4. The van der Waals surface area contributed by atoms with Gasteiger partial charge in [-0.25, -0.2) is 0 Å². The van der Waals surface area contributed by atoms with Crippen molar-refractivity contribution in [1.29, 1.82) is 0 Å². The molecule has 0 heterocycles. The van der Waals surface area contributed by atoms with Gasteiger partial charge in [0.25, 0.3) is 0 Å². The lowest BCUT2D eigenvalue weighted by Crippen LogP contribution is -2.24. The Morgan fingerprint density at radius 3 is 2.39 bits per heavy atom. The Balaban J connectivity index is 2.31. The van der Waals surface area contributed by atoms with E-state index < -0.39 is 16.9 Å². The van der Waals surface area contributed by atoms with Gasteiger partial charge in [0.2, 0.25) is 0 Å². The highest BCUT2D eigenvalue weighted by Gasteiger charge is 2.22. The molecule has 2 aromatic carbocycles. The Bertz CT molecular complexity index is 593. The molecule has 3 nitrogen and oxygen atoms in total. The average molecular weight is 260 g/mol. The number of hydrogen-bond acceptors (Lipinski definition) is 2. The molecule has 2 rings (SSSR count). The molecule has 2 aromatic rings. The van der Waals surface area contributed by atoms with Gasteiger partial charge in [-0.3, -0.25) is 4.79 Å². The van der Waals surface area contributed by atoms with Crippen molar-refractivity contribution in [3.63, 3.8) is 0 Å². The van der Waals surface area contributed by atoms with Crippen LogP contribution in [0.5, 0.6) is 0 Å². The summed E-state index contributed by atoms with van der Waals surface area (Å²) in [6, 6.07) is 13.5. The molecule has 0 spiro atoms. The Hall–Kier alpha value is -1.94. The highest BCUT2D eigenvalue weighted by atomic mass is 32.1. The Kier molecular flexibility index (Phi) is 3.58. The Labute approximate surface area is 110 Å². The topological polar surface area (TPSA) is 57.5 Å². The molecule has 2 N–H and O–H groups in total. The summed E-state index contributed by atoms with van der Waals surface area (Å²) < 4.78 is 0. The van der Waals surface area contributed by atoms with Crippen molar-refractivity contribution in [2.45, 2.75) is 6.42 Å². The normalized spacial score (nSPS) is 12.2. The molecule has 1 unspecified atom stereocenters. The van der Waals surface area contributed by atoms with Crippen molar-refractivity contribution < 1.29 is 15.0 Å². The molecular weight excluding hydrogens is 248 g/mol. The van der Waals surface area contributed by atoms with Gasteiger partial charge in [0.1, 0.15) is 5.92 Å². The van der Waals surface area contributed by atoms with Crippen LogP contribution >= 0.6 is 12.2 Å². The molecule has 92 valence electrons. The van der Waals surface area contributed by atoms with Crippen molar-refractivity contribution in [2.75, 3.05) is 0 Å². The minimum Gasteiger partial charge on any atom is -0.501 e. The van der Waals surface area contributed by atoms with E-state index in [4.69, 9.17) is 5.11 Å². The average Bonchev–Trinajstić information content (AvgIpc) is 2.35. The molecule has 0 saturated carbocycles. The molecule has 0 aliphatic rings. The molecule has 0 bridgehead atoms. The molecule has 0 saturated heterocycles. The van der Waals surface area contributed by atoms with Crippen LogP contribution in [0.3, 0.4) is 0 Å². The molecule has 0 fully saturated rings. The fourth-order valence-corrected chi connectivity index (χ4v) is 2.07. The minimum atomic E-state index is -1.10. The summed E-state index contributed by atoms with van der Waals surface area (Å²) in [6.45, 7) is 0. The third-order valence-electron chi connectivity index (χ3n) is 2.85. The second-order valence-corrected chi connectivity index (χ2v) is 4.53. The van der Waals surface area contributed by atoms with E-state index in [0.29, 0.717) is 0 Å². The van der Waals surface area contributed by atoms with Gasteiger partial charge in [-0.2, -0.15) is 0 Å². The zero-order chi connectivity index (χ0) is 13.1. The largest absolute Gasteiger partial charge is 0.501 e. The second kappa shape index (κ2) is 5.14. The number of benzene rings is 2. The van der Waals surface area contributed by atoms with Crippen molar-refractivity contribution in [2.24, 2.45) is 5.92 Å². The monoisotopic (exact) mass is 260 g/mol. The molecular formula is C14H12O3S. The van der Waals surface area contributed by atoms with Crippen LogP contribution < -0.4 is 0 Å². The molecule has 0 aliphatic carbocycles. The summed E-state index contributed by atoms with van der Waals surface area (Å²) in [6.07, 6.45) is 0.204. The predicted octanol–water partition coefficient (Wildman–Crippen LogP) is 2.97. The second-order valence-electron chi connectivity index (χ2n) is 4.11. The highest BCUT2D eigenvalue weighted by Crippen LogP contribution is 2.18. The highest BCUT2D eigenvalue weighted by molar-refractivity contribution is 7.80. The zero-order valence-electron chi connectivity index (χ0n) is 9.54. The van der Waals surface area contributed by atoms with Crippen molar-refractivity contribution in [3.8, 4) is 0 Å². The van der Waals surface area contributed by atoms with Crippen LogP contribution in [0.4, 0.5) is 0 Å². The summed E-state index contributed by atoms with van der Waals surface area (Å²) in [5.74, 6) is -2.13. The summed E-state index contributed by atoms with van der Waals surface area (Å²) in [4.78, 5) is 11.0. The maximum atomic E-state index is 11.0. The van der Waals surface area contributed by atoms with E-state index >= 15 is 0 Å². The molecule has 18 heavy (non-hydrogen) atoms. The maximum Gasteiger partial charge on any atom is 0.315 e. The quantitative estimate of drug-likeness (QED) is 0.830. The van der Waals surface area contributed by atoms with Gasteiger partial charge < -0.3 is 10.2 Å². The first kappa shape index (κ1) is 12.5. The lowest BCUT2D eigenvalue weighted by Gasteiger charge is -2.10. The first-order chi connectivity index (χ1) is 8.58. The fraction of sp³-hybridized carbons (Fsp3) is 0.143. The fourth-order valence-electron chi connectivity index (χ4n) is 1.88. The van der Waals surface area contributed by atoms with Gasteiger partial charge in [-0.1, -0.05) is 42.5 Å². The molecule has 0 amide bonds. The van der Waals surface area contributed by atoms with E-state index in [1.807, 2.05) is 42.5 Å². The van der Waals surface area contributed by atoms with Crippen LogP contribution in [0, 0.1) is 5.92 Å². The third kappa shape index (κ3) is 2.65. The molecule has 0 radical (unpaired) electrons. The van der Waals surface area contributed by atoms with Crippen LogP contribution in [0.25, 0.3) is 10.8 Å². The van der Waals surface area contributed by atoms with Crippen molar-refractivity contribution >= 4 is 34.0 Å². The summed E-state index contributed by atoms with van der Waals surface area (Å²) >= 11 is 4.56. The van der Waals surface area contributed by atoms with Crippen LogP contribution in [0.1, 0.15) is 5.56 Å². The number of aliphatic hydroxyl groups is 1. The number of carboxylic acids is 1. The molecule has 0 aromatic heterocycles. The van der Waals surface area contributed by atoms with E-state index in [-0.39, 0.29) is 6.42 Å². The summed E-state index contributed by atoms with van der Waals surface area (Å²) in [5, 5.41) is 19.8. The van der Waals surface area contributed by atoms with Crippen molar-refractivity contribution in [1.82, 2.24) is 0 Å². The van der Waals surface area contributed by atoms with Gasteiger partial charge in [0.05, 0.1) is 0 Å². The smallest absolute Gasteiger partial charge is 0.315 e. The lowest BCUT2D eigenvalue weighted by atomic mass is 9.98. The summed E-state index contributed by atoms with van der Waals surface area (Å²) in [5.41, 5.74) is 0.845. The molecule has 4 heteroatoms. The Morgan fingerprint density at radius 2 is 1.78 bits per heavy atom.